The molecule has 6 nitrogen and oxygen atoms in total. The molecule has 2 unspecified atom stereocenters. The molecule has 0 spiro atoms. The van der Waals surface area contributed by atoms with Crippen molar-refractivity contribution < 1.29 is 32.6 Å². The zero-order chi connectivity index (χ0) is 25.9. The standard InChI is InChI=1S/C21H24F2NO5P.C6H6/c1-14(24-11-10-18(29-21(24)25)3-2-12-28-30(26)27)15-4-6-16(7-5-15)19-9-8-17(22)13-20(19)23;1-2-4-6-5-3-1/h4-9,13-14,18,26-27H,2-3,10-12H2,1H3;1-6H. The van der Waals surface area contributed by atoms with E-state index in [1.54, 1.807) is 17.0 Å². The van der Waals surface area contributed by atoms with Crippen LogP contribution in [0.2, 0.25) is 0 Å². The van der Waals surface area contributed by atoms with E-state index < -0.39 is 26.3 Å². The van der Waals surface area contributed by atoms with Crippen LogP contribution in [-0.2, 0) is 9.26 Å². The van der Waals surface area contributed by atoms with E-state index in [0.717, 1.165) is 11.6 Å². The fraction of sp³-hybridized carbons (Fsp3) is 0.296. The molecule has 1 saturated heterocycles. The monoisotopic (exact) mass is 517 g/mol. The lowest BCUT2D eigenvalue weighted by molar-refractivity contribution is 0.00778. The third-order valence-electron chi connectivity index (χ3n) is 5.84. The topological polar surface area (TPSA) is 79.2 Å². The van der Waals surface area contributed by atoms with Gasteiger partial charge < -0.3 is 23.9 Å². The summed E-state index contributed by atoms with van der Waals surface area (Å²) in [5.74, 6) is -1.25. The predicted octanol–water partition coefficient (Wildman–Crippen LogP) is 6.60. The summed E-state index contributed by atoms with van der Waals surface area (Å²) in [5, 5.41) is 0. The number of hydrogen-bond donors (Lipinski definition) is 2. The summed E-state index contributed by atoms with van der Waals surface area (Å²) in [6.07, 6.45) is 1.20. The van der Waals surface area contributed by atoms with Crippen molar-refractivity contribution in [3.05, 3.63) is 96.1 Å². The van der Waals surface area contributed by atoms with E-state index in [2.05, 4.69) is 0 Å². The van der Waals surface area contributed by atoms with Crippen LogP contribution in [0.3, 0.4) is 0 Å². The Morgan fingerprint density at radius 2 is 1.69 bits per heavy atom. The summed E-state index contributed by atoms with van der Waals surface area (Å²) in [6.45, 7) is 2.63. The highest BCUT2D eigenvalue weighted by molar-refractivity contribution is 7.39. The molecular formula is C27H30F2NO5P. The third-order valence-corrected chi connectivity index (χ3v) is 6.25. The second kappa shape index (κ2) is 14.0. The van der Waals surface area contributed by atoms with E-state index >= 15 is 0 Å². The number of halogens is 2. The molecule has 1 amide bonds. The van der Waals surface area contributed by atoms with Gasteiger partial charge in [-0.05, 0) is 43.0 Å². The maximum Gasteiger partial charge on any atom is 0.410 e. The molecule has 192 valence electrons. The molecule has 0 aromatic heterocycles. The number of nitrogens with zero attached hydrogens (tertiary/aromatic N) is 1. The van der Waals surface area contributed by atoms with Crippen LogP contribution in [0.25, 0.3) is 11.1 Å². The molecule has 3 aromatic rings. The molecule has 1 aliphatic rings. The van der Waals surface area contributed by atoms with E-state index in [-0.39, 0.29) is 18.8 Å². The van der Waals surface area contributed by atoms with Crippen LogP contribution in [0.5, 0.6) is 0 Å². The zero-order valence-corrected chi connectivity index (χ0v) is 20.9. The first-order valence-electron chi connectivity index (χ1n) is 11.7. The largest absolute Gasteiger partial charge is 0.446 e. The van der Waals surface area contributed by atoms with Gasteiger partial charge in [0.15, 0.2) is 0 Å². The number of benzene rings is 3. The van der Waals surface area contributed by atoms with Gasteiger partial charge in [0.25, 0.3) is 0 Å². The molecule has 0 aliphatic carbocycles. The molecule has 1 heterocycles. The molecule has 3 aromatic carbocycles. The fourth-order valence-electron chi connectivity index (χ4n) is 3.89. The second-order valence-electron chi connectivity index (χ2n) is 8.29. The van der Waals surface area contributed by atoms with Crippen molar-refractivity contribution in [3.8, 4) is 11.1 Å². The lowest BCUT2D eigenvalue weighted by atomic mass is 9.99. The number of carbonyl (C=O) groups is 1. The van der Waals surface area contributed by atoms with Gasteiger partial charge >= 0.3 is 14.7 Å². The van der Waals surface area contributed by atoms with E-state index in [0.29, 0.717) is 36.9 Å². The number of hydrogen-bond acceptors (Lipinski definition) is 5. The highest BCUT2D eigenvalue weighted by Crippen LogP contribution is 2.30. The van der Waals surface area contributed by atoms with Crippen molar-refractivity contribution in [2.75, 3.05) is 13.2 Å². The molecule has 1 aliphatic heterocycles. The molecule has 9 heteroatoms. The Bertz CT molecular complexity index is 1060. The molecule has 0 radical (unpaired) electrons. The smallest absolute Gasteiger partial charge is 0.410 e. The molecule has 4 rings (SSSR count). The van der Waals surface area contributed by atoms with Crippen LogP contribution < -0.4 is 0 Å². The van der Waals surface area contributed by atoms with Crippen molar-refractivity contribution >= 4 is 14.7 Å². The summed E-state index contributed by atoms with van der Waals surface area (Å²) < 4.78 is 37.3. The lowest BCUT2D eigenvalue weighted by Crippen LogP contribution is -2.43. The van der Waals surface area contributed by atoms with Gasteiger partial charge in [0, 0.05) is 24.6 Å². The normalized spacial score (nSPS) is 16.2. The average molecular weight is 518 g/mol. The molecule has 0 bridgehead atoms. The van der Waals surface area contributed by atoms with Crippen LogP contribution in [-0.4, -0.2) is 40.0 Å². The number of carbonyl (C=O) groups excluding carboxylic acids is 1. The van der Waals surface area contributed by atoms with Crippen LogP contribution in [0.1, 0.15) is 37.8 Å². The molecule has 0 saturated carbocycles. The SMILES string of the molecule is CC(c1ccc(-c2ccc(F)cc2F)cc1)N1CCC(CCCOP(O)O)OC1=O.c1ccccc1. The third kappa shape index (κ3) is 8.35. The van der Waals surface area contributed by atoms with Crippen LogP contribution in [0, 0.1) is 11.6 Å². The van der Waals surface area contributed by atoms with Crippen LogP contribution >= 0.6 is 8.60 Å². The number of amides is 1. The predicted molar refractivity (Wildman–Crippen MR) is 135 cm³/mol. The van der Waals surface area contributed by atoms with Gasteiger partial charge in [-0.2, -0.15) is 0 Å². The summed E-state index contributed by atoms with van der Waals surface area (Å²) in [6, 6.07) is 22.4. The zero-order valence-electron chi connectivity index (χ0n) is 20.0. The summed E-state index contributed by atoms with van der Waals surface area (Å²) in [7, 11) is -2.35. The highest BCUT2D eigenvalue weighted by atomic mass is 31.2. The van der Waals surface area contributed by atoms with Gasteiger partial charge in [0.05, 0.1) is 12.6 Å². The molecule has 1 fully saturated rings. The molecule has 36 heavy (non-hydrogen) atoms. The molecule has 2 N–H and O–H groups in total. The average Bonchev–Trinajstić information content (AvgIpc) is 2.88. The van der Waals surface area contributed by atoms with Crippen LogP contribution in [0.15, 0.2) is 78.9 Å². The quantitative estimate of drug-likeness (QED) is 0.260. The van der Waals surface area contributed by atoms with E-state index in [1.807, 2.05) is 55.5 Å². The molecular weight excluding hydrogens is 487 g/mol. The van der Waals surface area contributed by atoms with E-state index in [9.17, 15) is 13.6 Å². The van der Waals surface area contributed by atoms with Gasteiger partial charge in [0.1, 0.15) is 17.7 Å². The minimum atomic E-state index is -2.35. The summed E-state index contributed by atoms with van der Waals surface area (Å²) >= 11 is 0. The van der Waals surface area contributed by atoms with Crippen molar-refractivity contribution in [1.82, 2.24) is 4.90 Å². The maximum absolute atomic E-state index is 14.0. The first-order chi connectivity index (χ1) is 17.3. The fourth-order valence-corrected chi connectivity index (χ4v) is 4.18. The minimum Gasteiger partial charge on any atom is -0.446 e. The Morgan fingerprint density at radius 3 is 2.25 bits per heavy atom. The first-order valence-corrected chi connectivity index (χ1v) is 12.8. The lowest BCUT2D eigenvalue weighted by Gasteiger charge is -2.36. The number of ether oxygens (including phenoxy) is 1. The van der Waals surface area contributed by atoms with E-state index in [1.165, 1.54) is 12.1 Å². The van der Waals surface area contributed by atoms with Gasteiger partial charge in [0.2, 0.25) is 0 Å². The number of rotatable bonds is 8. The van der Waals surface area contributed by atoms with Gasteiger partial charge in [-0.3, -0.25) is 0 Å². The van der Waals surface area contributed by atoms with Crippen molar-refractivity contribution in [3.63, 3.8) is 0 Å². The summed E-state index contributed by atoms with van der Waals surface area (Å²) in [5.41, 5.74) is 1.82. The number of cyclic esters (lactones) is 1. The maximum atomic E-state index is 14.0. The van der Waals surface area contributed by atoms with E-state index in [4.69, 9.17) is 19.0 Å². The van der Waals surface area contributed by atoms with Crippen molar-refractivity contribution in [2.24, 2.45) is 0 Å². The summed E-state index contributed by atoms with van der Waals surface area (Å²) in [4.78, 5) is 31.5. The first kappa shape index (κ1) is 27.7. The van der Waals surface area contributed by atoms with Crippen molar-refractivity contribution in [2.45, 2.75) is 38.3 Å². The van der Waals surface area contributed by atoms with Crippen LogP contribution in [0.4, 0.5) is 13.6 Å². The Hall–Kier alpha value is -2.90. The molecule has 2 atom stereocenters. The van der Waals surface area contributed by atoms with Gasteiger partial charge in [-0.1, -0.05) is 60.7 Å². The Labute approximate surface area is 211 Å². The second-order valence-corrected chi connectivity index (χ2v) is 9.06. The van der Waals surface area contributed by atoms with Crippen molar-refractivity contribution in [1.29, 1.82) is 0 Å². The Balaban J connectivity index is 0.000000526. The van der Waals surface area contributed by atoms with Gasteiger partial charge in [-0.15, -0.1) is 0 Å². The Morgan fingerprint density at radius 1 is 1.06 bits per heavy atom. The minimum absolute atomic E-state index is 0.202. The highest BCUT2D eigenvalue weighted by Gasteiger charge is 2.30. The Kier molecular flexibility index (Phi) is 10.8. The van der Waals surface area contributed by atoms with Gasteiger partial charge in [-0.25, -0.2) is 13.6 Å².